The fraction of sp³-hybridized carbons (Fsp3) is 0.276. The number of aromatic nitrogens is 2. The molecule has 37 heavy (non-hydrogen) atoms. The first-order valence-electron chi connectivity index (χ1n) is 12.2. The predicted octanol–water partition coefficient (Wildman–Crippen LogP) is 4.77. The van der Waals surface area contributed by atoms with Crippen molar-refractivity contribution < 1.29 is 8.78 Å². The van der Waals surface area contributed by atoms with Crippen LogP contribution in [0.5, 0.6) is 0 Å². The van der Waals surface area contributed by atoms with Crippen LogP contribution in [0.1, 0.15) is 36.7 Å². The summed E-state index contributed by atoms with van der Waals surface area (Å²) in [5.74, 6) is -1.16. The van der Waals surface area contributed by atoms with Crippen LogP contribution in [0, 0.1) is 23.0 Å². The summed E-state index contributed by atoms with van der Waals surface area (Å²) in [6.45, 7) is 5.03. The fourth-order valence-corrected chi connectivity index (χ4v) is 5.37. The van der Waals surface area contributed by atoms with E-state index in [9.17, 15) is 10.1 Å². The van der Waals surface area contributed by atoms with Crippen molar-refractivity contribution in [1.29, 1.82) is 5.26 Å². The van der Waals surface area contributed by atoms with E-state index in [-0.39, 0.29) is 28.9 Å². The summed E-state index contributed by atoms with van der Waals surface area (Å²) in [6.07, 6.45) is 0. The summed E-state index contributed by atoms with van der Waals surface area (Å²) >= 11 is 0. The van der Waals surface area contributed by atoms with Gasteiger partial charge in [0.05, 0.1) is 17.2 Å². The first-order chi connectivity index (χ1) is 17.8. The molecule has 0 radical (unpaired) electrons. The minimum absolute atomic E-state index is 0.0283. The van der Waals surface area contributed by atoms with Gasteiger partial charge in [0.25, 0.3) is 5.56 Å². The molecule has 0 aliphatic carbocycles. The van der Waals surface area contributed by atoms with Crippen LogP contribution in [0.25, 0.3) is 11.0 Å². The Bertz CT molecular complexity index is 1540. The van der Waals surface area contributed by atoms with E-state index < -0.39 is 17.7 Å². The lowest BCUT2D eigenvalue weighted by Crippen LogP contribution is -2.58. The van der Waals surface area contributed by atoms with Gasteiger partial charge in [0.2, 0.25) is 0 Å². The van der Waals surface area contributed by atoms with Gasteiger partial charge in [0, 0.05) is 43.9 Å². The van der Waals surface area contributed by atoms with Crippen LogP contribution < -0.4 is 10.5 Å². The summed E-state index contributed by atoms with van der Waals surface area (Å²) in [5, 5.41) is 9.41. The van der Waals surface area contributed by atoms with Crippen molar-refractivity contribution >= 4 is 16.7 Å². The maximum absolute atomic E-state index is 15.1. The van der Waals surface area contributed by atoms with Gasteiger partial charge in [-0.15, -0.1) is 0 Å². The van der Waals surface area contributed by atoms with Gasteiger partial charge in [0.15, 0.2) is 0 Å². The average Bonchev–Trinajstić information content (AvgIpc) is 2.90. The van der Waals surface area contributed by atoms with E-state index in [1.165, 1.54) is 22.8 Å². The maximum Gasteiger partial charge on any atom is 0.252 e. The molecule has 4 aromatic rings. The summed E-state index contributed by atoms with van der Waals surface area (Å²) in [6, 6.07) is 19.5. The monoisotopic (exact) mass is 499 g/mol. The topological polar surface area (TPSA) is 65.2 Å². The van der Waals surface area contributed by atoms with Crippen LogP contribution in [0.4, 0.5) is 14.5 Å². The Morgan fingerprint density at radius 1 is 0.973 bits per heavy atom. The van der Waals surface area contributed by atoms with Gasteiger partial charge in [-0.25, -0.2) is 13.8 Å². The Hall–Kier alpha value is -4.09. The molecule has 1 unspecified atom stereocenters. The van der Waals surface area contributed by atoms with Crippen molar-refractivity contribution in [3.05, 3.63) is 106 Å². The Labute approximate surface area is 214 Å². The van der Waals surface area contributed by atoms with E-state index in [4.69, 9.17) is 0 Å². The third-order valence-corrected chi connectivity index (χ3v) is 7.25. The maximum atomic E-state index is 15.1. The first-order valence-corrected chi connectivity index (χ1v) is 12.2. The van der Waals surface area contributed by atoms with E-state index in [1.54, 1.807) is 25.2 Å². The molecule has 5 rings (SSSR count). The van der Waals surface area contributed by atoms with Gasteiger partial charge in [-0.1, -0.05) is 36.4 Å². The second kappa shape index (κ2) is 9.75. The molecule has 8 heteroatoms. The number of fused-ring (bicyclic) bond motifs is 1. The number of anilines is 1. The Balaban J connectivity index is 1.58. The van der Waals surface area contributed by atoms with E-state index in [2.05, 4.69) is 20.9 Å². The number of halogens is 2. The fourth-order valence-electron chi connectivity index (χ4n) is 5.37. The zero-order valence-electron chi connectivity index (χ0n) is 20.9. The zero-order chi connectivity index (χ0) is 26.3. The van der Waals surface area contributed by atoms with Gasteiger partial charge in [-0.2, -0.15) is 5.26 Å². The third-order valence-electron chi connectivity index (χ3n) is 7.25. The van der Waals surface area contributed by atoms with Gasteiger partial charge >= 0.3 is 0 Å². The van der Waals surface area contributed by atoms with Gasteiger partial charge < -0.3 is 9.47 Å². The standard InChI is InChI=1S/C29H27F2N5O/c1-18-17-36(29(20-8-5-4-6-9-20)27-22(30)10-7-11-23(27)31)19(2)16-35(18)25-14-26(37)34(3)24-13-12-21(15-32)33-28(24)25/h4-14,18-19,29H,16-17H2,1-3H3/t18-,19+,29?/m0/s1. The van der Waals surface area contributed by atoms with Crippen LogP contribution in [-0.2, 0) is 7.05 Å². The van der Waals surface area contributed by atoms with Crippen LogP contribution in [0.3, 0.4) is 0 Å². The van der Waals surface area contributed by atoms with Crippen molar-refractivity contribution in [1.82, 2.24) is 14.5 Å². The summed E-state index contributed by atoms with van der Waals surface area (Å²) in [7, 11) is 1.68. The van der Waals surface area contributed by atoms with E-state index in [1.807, 2.05) is 44.2 Å². The van der Waals surface area contributed by atoms with Crippen molar-refractivity contribution in [3.8, 4) is 6.07 Å². The molecule has 3 heterocycles. The Kier molecular flexibility index (Phi) is 6.48. The number of nitriles is 1. The van der Waals surface area contributed by atoms with Crippen molar-refractivity contribution in [2.75, 3.05) is 18.0 Å². The van der Waals surface area contributed by atoms with E-state index in [0.29, 0.717) is 29.8 Å². The molecule has 1 saturated heterocycles. The highest BCUT2D eigenvalue weighted by Gasteiger charge is 2.37. The smallest absolute Gasteiger partial charge is 0.252 e. The van der Waals surface area contributed by atoms with E-state index in [0.717, 1.165) is 5.56 Å². The Morgan fingerprint density at radius 3 is 2.35 bits per heavy atom. The Morgan fingerprint density at radius 2 is 1.68 bits per heavy atom. The second-order valence-electron chi connectivity index (χ2n) is 9.60. The van der Waals surface area contributed by atoms with Crippen LogP contribution >= 0.6 is 0 Å². The second-order valence-corrected chi connectivity index (χ2v) is 9.60. The number of aryl methyl sites for hydroxylation is 1. The lowest BCUT2D eigenvalue weighted by atomic mass is 9.92. The molecular weight excluding hydrogens is 472 g/mol. The number of piperazine rings is 1. The summed E-state index contributed by atoms with van der Waals surface area (Å²) in [4.78, 5) is 21.6. The molecule has 188 valence electrons. The minimum Gasteiger partial charge on any atom is -0.364 e. The molecule has 0 N–H and O–H groups in total. The summed E-state index contributed by atoms with van der Waals surface area (Å²) < 4.78 is 31.7. The summed E-state index contributed by atoms with van der Waals surface area (Å²) in [5.41, 5.74) is 2.80. The number of rotatable bonds is 4. The number of nitrogens with zero attached hydrogens (tertiary/aromatic N) is 5. The lowest BCUT2D eigenvalue weighted by Gasteiger charge is -2.48. The number of benzene rings is 2. The SMILES string of the molecule is C[C@@H]1CN(c2cc(=O)n(C)c3ccc(C#N)nc23)[C@@H](C)CN1C(c1ccccc1)c1c(F)cccc1F. The van der Waals surface area contributed by atoms with Crippen molar-refractivity contribution in [2.24, 2.45) is 7.05 Å². The highest BCUT2D eigenvalue weighted by molar-refractivity contribution is 5.89. The van der Waals surface area contributed by atoms with E-state index >= 15 is 8.78 Å². The molecule has 0 saturated carbocycles. The molecule has 2 aromatic heterocycles. The molecule has 2 aromatic carbocycles. The van der Waals surface area contributed by atoms with Crippen LogP contribution in [0.15, 0.2) is 71.5 Å². The van der Waals surface area contributed by atoms with Crippen molar-refractivity contribution in [3.63, 3.8) is 0 Å². The molecule has 1 fully saturated rings. The van der Waals surface area contributed by atoms with Crippen molar-refractivity contribution in [2.45, 2.75) is 32.0 Å². The third kappa shape index (κ3) is 4.36. The highest BCUT2D eigenvalue weighted by atomic mass is 19.1. The average molecular weight is 500 g/mol. The van der Waals surface area contributed by atoms with Gasteiger partial charge in [-0.05, 0) is 43.7 Å². The zero-order valence-corrected chi connectivity index (χ0v) is 20.9. The molecule has 3 atom stereocenters. The molecule has 1 aliphatic rings. The molecule has 0 amide bonds. The normalized spacial score (nSPS) is 19.1. The quantitative estimate of drug-likeness (QED) is 0.405. The highest BCUT2D eigenvalue weighted by Crippen LogP contribution is 2.37. The number of hydrogen-bond donors (Lipinski definition) is 0. The largest absolute Gasteiger partial charge is 0.364 e. The van der Waals surface area contributed by atoms with Crippen LogP contribution in [-0.4, -0.2) is 39.6 Å². The molecule has 6 nitrogen and oxygen atoms in total. The molecule has 1 aliphatic heterocycles. The lowest BCUT2D eigenvalue weighted by molar-refractivity contribution is 0.126. The first kappa shape index (κ1) is 24.6. The minimum atomic E-state index is -0.620. The predicted molar refractivity (Wildman–Crippen MR) is 139 cm³/mol. The van der Waals surface area contributed by atoms with Crippen LogP contribution in [0.2, 0.25) is 0 Å². The van der Waals surface area contributed by atoms with Gasteiger partial charge in [-0.3, -0.25) is 9.69 Å². The molecular formula is C29H27F2N5O. The molecule has 0 spiro atoms. The number of hydrogen-bond acceptors (Lipinski definition) is 5. The van der Waals surface area contributed by atoms with Gasteiger partial charge in [0.1, 0.15) is 28.9 Å². The molecule has 0 bridgehead atoms. The number of pyridine rings is 2.